The lowest BCUT2D eigenvalue weighted by Crippen LogP contribution is -2.59. The van der Waals surface area contributed by atoms with E-state index in [0.717, 1.165) is 12.8 Å². The summed E-state index contributed by atoms with van der Waals surface area (Å²) >= 11 is 6.37. The van der Waals surface area contributed by atoms with Crippen molar-refractivity contribution in [3.8, 4) is 17.6 Å². The molecule has 2 atom stereocenters. The molecule has 3 aromatic rings. The summed E-state index contributed by atoms with van der Waals surface area (Å²) in [5, 5.41) is 17.9. The molecule has 3 fully saturated rings. The first kappa shape index (κ1) is 22.0. The van der Waals surface area contributed by atoms with Gasteiger partial charge >= 0.3 is 6.09 Å². The van der Waals surface area contributed by atoms with Crippen LogP contribution in [-0.4, -0.2) is 74.0 Å². The molecule has 0 spiro atoms. The summed E-state index contributed by atoms with van der Waals surface area (Å²) in [5.74, 6) is 0.250. The first-order chi connectivity index (χ1) is 16.9. The molecule has 4 heterocycles. The SMILES string of the molecule is CC1(OC(=O)N2CC3COCC(C2)C3Oc2ncnc3c2nnn3-c2ccc(C#N)cc2Cl)CC1. The summed E-state index contributed by atoms with van der Waals surface area (Å²) in [6.45, 7) is 3.88. The van der Waals surface area contributed by atoms with Gasteiger partial charge in [-0.05, 0) is 38.0 Å². The lowest BCUT2D eigenvalue weighted by Gasteiger charge is -2.45. The molecule has 6 rings (SSSR count). The van der Waals surface area contributed by atoms with Crippen molar-refractivity contribution in [3.05, 3.63) is 35.1 Å². The molecule has 35 heavy (non-hydrogen) atoms. The molecule has 2 aliphatic heterocycles. The number of aromatic nitrogens is 5. The van der Waals surface area contributed by atoms with Crippen molar-refractivity contribution in [1.29, 1.82) is 5.26 Å². The molecule has 1 amide bonds. The molecular weight excluding hydrogens is 474 g/mol. The molecule has 12 heteroatoms. The Morgan fingerprint density at radius 3 is 2.71 bits per heavy atom. The number of carbonyl (C=O) groups is 1. The molecule has 0 N–H and O–H groups in total. The molecule has 2 aromatic heterocycles. The van der Waals surface area contributed by atoms with Crippen LogP contribution >= 0.6 is 11.6 Å². The monoisotopic (exact) mass is 495 g/mol. The number of nitrogens with zero attached hydrogens (tertiary/aromatic N) is 7. The Hall–Kier alpha value is -3.49. The van der Waals surface area contributed by atoms with Crippen molar-refractivity contribution in [2.24, 2.45) is 11.8 Å². The number of hydrogen-bond acceptors (Lipinski definition) is 9. The third-order valence-electron chi connectivity index (χ3n) is 6.81. The quantitative estimate of drug-likeness (QED) is 0.536. The number of hydrogen-bond donors (Lipinski definition) is 0. The van der Waals surface area contributed by atoms with E-state index in [9.17, 15) is 4.79 Å². The van der Waals surface area contributed by atoms with Gasteiger partial charge in [0.2, 0.25) is 5.88 Å². The van der Waals surface area contributed by atoms with Crippen LogP contribution in [0.1, 0.15) is 25.3 Å². The van der Waals surface area contributed by atoms with Crippen LogP contribution in [0, 0.1) is 23.2 Å². The smallest absolute Gasteiger partial charge is 0.410 e. The van der Waals surface area contributed by atoms with Gasteiger partial charge in [-0.25, -0.2) is 9.78 Å². The minimum atomic E-state index is -0.313. The topological polar surface area (TPSA) is 128 Å². The fraction of sp³-hybridized carbons (Fsp3) is 0.478. The second kappa shape index (κ2) is 8.32. The van der Waals surface area contributed by atoms with Crippen LogP contribution in [0.2, 0.25) is 5.02 Å². The first-order valence-electron chi connectivity index (χ1n) is 11.4. The number of ether oxygens (including phenoxy) is 3. The highest BCUT2D eigenvalue weighted by atomic mass is 35.5. The Morgan fingerprint density at radius 1 is 1.26 bits per heavy atom. The number of halogens is 1. The van der Waals surface area contributed by atoms with Gasteiger partial charge in [0, 0.05) is 24.9 Å². The third kappa shape index (κ3) is 4.02. The van der Waals surface area contributed by atoms with Crippen molar-refractivity contribution in [2.75, 3.05) is 26.3 Å². The van der Waals surface area contributed by atoms with E-state index >= 15 is 0 Å². The lowest BCUT2D eigenvalue weighted by atomic mass is 9.84. The average molecular weight is 496 g/mol. The number of piperidine rings is 1. The number of amides is 1. The van der Waals surface area contributed by atoms with Crippen LogP contribution in [0.3, 0.4) is 0 Å². The molecule has 1 saturated carbocycles. The maximum atomic E-state index is 12.7. The number of carbonyl (C=O) groups excluding carboxylic acids is 1. The zero-order valence-electron chi connectivity index (χ0n) is 18.9. The number of rotatable bonds is 4. The summed E-state index contributed by atoms with van der Waals surface area (Å²) in [4.78, 5) is 23.1. The van der Waals surface area contributed by atoms with Gasteiger partial charge in [-0.15, -0.1) is 5.10 Å². The molecular formula is C23H22ClN7O4. The van der Waals surface area contributed by atoms with Crippen LogP contribution < -0.4 is 4.74 Å². The molecule has 2 saturated heterocycles. The molecule has 11 nitrogen and oxygen atoms in total. The van der Waals surface area contributed by atoms with Gasteiger partial charge in [-0.2, -0.15) is 14.9 Å². The highest BCUT2D eigenvalue weighted by Gasteiger charge is 2.47. The second-order valence-corrected chi connectivity index (χ2v) is 9.90. The standard InChI is InChI=1S/C23H22ClN7O4/c1-23(4-5-23)35-22(32)30-8-14-10-33-11-15(9-30)19(14)34-21-18-20(26-12-27-21)31(29-28-18)17-3-2-13(7-25)6-16(17)24/h2-3,6,12,14-15,19H,4-5,8-11H2,1H3. The van der Waals surface area contributed by atoms with Gasteiger partial charge in [-0.3, -0.25) is 0 Å². The van der Waals surface area contributed by atoms with Crippen LogP contribution in [-0.2, 0) is 9.47 Å². The fourth-order valence-corrected chi connectivity index (χ4v) is 4.91. The van der Waals surface area contributed by atoms with Crippen molar-refractivity contribution in [1.82, 2.24) is 29.9 Å². The summed E-state index contributed by atoms with van der Waals surface area (Å²) < 4.78 is 19.3. The van der Waals surface area contributed by atoms with Crippen molar-refractivity contribution in [3.63, 3.8) is 0 Å². The van der Waals surface area contributed by atoms with Crippen molar-refractivity contribution >= 4 is 28.9 Å². The van der Waals surface area contributed by atoms with E-state index in [2.05, 4.69) is 26.3 Å². The van der Waals surface area contributed by atoms with E-state index in [1.54, 1.807) is 23.1 Å². The van der Waals surface area contributed by atoms with Gasteiger partial charge in [0.25, 0.3) is 0 Å². The van der Waals surface area contributed by atoms with Crippen molar-refractivity contribution in [2.45, 2.75) is 31.5 Å². The minimum Gasteiger partial charge on any atom is -0.472 e. The van der Waals surface area contributed by atoms with E-state index in [0.29, 0.717) is 59.6 Å². The zero-order chi connectivity index (χ0) is 24.2. The van der Waals surface area contributed by atoms with E-state index < -0.39 is 0 Å². The average Bonchev–Trinajstić information content (AvgIpc) is 3.40. The largest absolute Gasteiger partial charge is 0.472 e. The highest BCUT2D eigenvalue weighted by Crippen LogP contribution is 2.40. The number of benzene rings is 1. The maximum Gasteiger partial charge on any atom is 0.410 e. The van der Waals surface area contributed by atoms with Gasteiger partial charge in [0.1, 0.15) is 18.0 Å². The highest BCUT2D eigenvalue weighted by molar-refractivity contribution is 6.32. The fourth-order valence-electron chi connectivity index (χ4n) is 4.65. The summed E-state index contributed by atoms with van der Waals surface area (Å²) in [5.41, 5.74) is 1.50. The summed E-state index contributed by atoms with van der Waals surface area (Å²) in [6, 6.07) is 6.96. The van der Waals surface area contributed by atoms with Crippen molar-refractivity contribution < 1.29 is 19.0 Å². The molecule has 3 aliphatic rings. The van der Waals surface area contributed by atoms with Gasteiger partial charge < -0.3 is 19.1 Å². The minimum absolute atomic E-state index is 0.0323. The normalized spacial score (nSPS) is 24.6. The maximum absolute atomic E-state index is 12.7. The predicted octanol–water partition coefficient (Wildman–Crippen LogP) is 2.75. The Morgan fingerprint density at radius 2 is 2.03 bits per heavy atom. The first-order valence-corrected chi connectivity index (χ1v) is 11.8. The number of likely N-dealkylation sites (tertiary alicyclic amines) is 1. The van der Waals surface area contributed by atoms with E-state index in [4.69, 9.17) is 31.1 Å². The van der Waals surface area contributed by atoms with Crippen LogP contribution in [0.25, 0.3) is 16.9 Å². The Balaban J connectivity index is 1.25. The number of nitriles is 1. The van der Waals surface area contributed by atoms with Gasteiger partial charge in [0.05, 0.1) is 35.6 Å². The molecule has 1 aromatic carbocycles. The van der Waals surface area contributed by atoms with E-state index in [-0.39, 0.29) is 29.6 Å². The molecule has 0 radical (unpaired) electrons. The Bertz CT molecular complexity index is 1340. The molecule has 1 aliphatic carbocycles. The Labute approximate surface area is 205 Å². The molecule has 2 unspecified atom stereocenters. The lowest BCUT2D eigenvalue weighted by molar-refractivity contribution is -0.111. The Kier molecular flexibility index (Phi) is 5.23. The van der Waals surface area contributed by atoms with E-state index in [1.165, 1.54) is 11.0 Å². The third-order valence-corrected chi connectivity index (χ3v) is 7.11. The second-order valence-electron chi connectivity index (χ2n) is 9.49. The summed E-state index contributed by atoms with van der Waals surface area (Å²) in [6.07, 6.45) is 2.74. The van der Waals surface area contributed by atoms with Crippen LogP contribution in [0.4, 0.5) is 4.79 Å². The summed E-state index contributed by atoms with van der Waals surface area (Å²) in [7, 11) is 0. The van der Waals surface area contributed by atoms with Crippen LogP contribution in [0.5, 0.6) is 5.88 Å². The molecule has 180 valence electrons. The van der Waals surface area contributed by atoms with Gasteiger partial charge in [-0.1, -0.05) is 16.8 Å². The molecule has 2 bridgehead atoms. The van der Waals surface area contributed by atoms with E-state index in [1.807, 2.05) is 6.92 Å². The van der Waals surface area contributed by atoms with Gasteiger partial charge in [0.15, 0.2) is 11.2 Å². The predicted molar refractivity (Wildman–Crippen MR) is 122 cm³/mol. The zero-order valence-corrected chi connectivity index (χ0v) is 19.7. The number of fused-ring (bicyclic) bond motifs is 3. The van der Waals surface area contributed by atoms with Crippen LogP contribution in [0.15, 0.2) is 24.5 Å².